The molecule has 0 saturated carbocycles. The highest BCUT2D eigenvalue weighted by Gasteiger charge is 2.28. The van der Waals surface area contributed by atoms with Gasteiger partial charge in [-0.25, -0.2) is 4.98 Å². The summed E-state index contributed by atoms with van der Waals surface area (Å²) in [5, 5.41) is 1.08. The molecule has 1 rings (SSSR count). The molecule has 17 heavy (non-hydrogen) atoms. The molecule has 98 valence electrons. The normalized spacial score (nSPS) is 12.1. The minimum absolute atomic E-state index is 0.390. The Bertz CT molecular complexity index is 338. The molecule has 0 spiro atoms. The van der Waals surface area contributed by atoms with Crippen LogP contribution in [0.15, 0.2) is 6.33 Å². The highest BCUT2D eigenvalue weighted by atomic mass is 79.9. The molecule has 0 unspecified atom stereocenters. The highest BCUT2D eigenvalue weighted by Crippen LogP contribution is 2.34. The van der Waals surface area contributed by atoms with E-state index >= 15 is 0 Å². The van der Waals surface area contributed by atoms with E-state index in [1.807, 2.05) is 6.33 Å². The quantitative estimate of drug-likeness (QED) is 0.679. The molecule has 0 saturated heterocycles. The lowest BCUT2D eigenvalue weighted by molar-refractivity contribution is 0.231. The van der Waals surface area contributed by atoms with Gasteiger partial charge in [-0.15, -0.1) is 0 Å². The molecule has 0 atom stereocenters. The van der Waals surface area contributed by atoms with Crippen LogP contribution in [0.4, 0.5) is 0 Å². The summed E-state index contributed by atoms with van der Waals surface area (Å²) >= 11 is 3.73. The van der Waals surface area contributed by atoms with Crippen molar-refractivity contribution < 1.29 is 0 Å². The molecule has 0 N–H and O–H groups in total. The number of aromatic nitrogens is 2. The van der Waals surface area contributed by atoms with Gasteiger partial charge in [0.05, 0.1) is 12.0 Å². The number of imidazole rings is 1. The fraction of sp³-hybridized carbons (Fsp3) is 0.786. The molecule has 1 aromatic rings. The molecule has 0 aliphatic heterocycles. The second kappa shape index (κ2) is 6.58. The van der Waals surface area contributed by atoms with Gasteiger partial charge < -0.3 is 4.57 Å². The minimum Gasteiger partial charge on any atom is -0.334 e. The van der Waals surface area contributed by atoms with Crippen molar-refractivity contribution in [2.45, 2.75) is 59.9 Å². The van der Waals surface area contributed by atoms with Crippen molar-refractivity contribution in [2.24, 2.45) is 5.41 Å². The molecule has 1 aromatic heterocycles. The molecule has 0 aliphatic rings. The largest absolute Gasteiger partial charge is 0.334 e. The van der Waals surface area contributed by atoms with Crippen LogP contribution in [0.2, 0.25) is 0 Å². The monoisotopic (exact) mass is 300 g/mol. The van der Waals surface area contributed by atoms with Gasteiger partial charge in [-0.1, -0.05) is 42.6 Å². The van der Waals surface area contributed by atoms with E-state index in [9.17, 15) is 0 Å². The van der Waals surface area contributed by atoms with Crippen LogP contribution < -0.4 is 0 Å². The van der Waals surface area contributed by atoms with Gasteiger partial charge in [-0.2, -0.15) is 0 Å². The fourth-order valence-electron chi connectivity index (χ4n) is 2.58. The van der Waals surface area contributed by atoms with Gasteiger partial charge in [0.1, 0.15) is 0 Å². The maximum Gasteiger partial charge on any atom is 0.0951 e. The average molecular weight is 301 g/mol. The first-order valence-electron chi connectivity index (χ1n) is 6.63. The van der Waals surface area contributed by atoms with Crippen LogP contribution in [-0.4, -0.2) is 14.9 Å². The fourth-order valence-corrected chi connectivity index (χ4v) is 3.32. The molecule has 0 aliphatic carbocycles. The van der Waals surface area contributed by atoms with Crippen LogP contribution in [0.5, 0.6) is 0 Å². The van der Waals surface area contributed by atoms with Gasteiger partial charge in [-0.05, 0) is 32.1 Å². The van der Waals surface area contributed by atoms with Crippen LogP contribution in [0.3, 0.4) is 0 Å². The Morgan fingerprint density at radius 1 is 1.24 bits per heavy atom. The standard InChI is InChI=1S/C14H25BrN2/c1-5-7-14(9-15,8-6-2)10-17-11-16-12(3)13(17)4/h11H,5-10H2,1-4H3. The zero-order valence-electron chi connectivity index (χ0n) is 11.6. The van der Waals surface area contributed by atoms with Crippen LogP contribution >= 0.6 is 15.9 Å². The van der Waals surface area contributed by atoms with E-state index in [4.69, 9.17) is 0 Å². The van der Waals surface area contributed by atoms with Crippen LogP contribution in [-0.2, 0) is 6.54 Å². The van der Waals surface area contributed by atoms with E-state index in [0.29, 0.717) is 5.41 Å². The first kappa shape index (κ1) is 14.7. The summed E-state index contributed by atoms with van der Waals surface area (Å²) in [6.45, 7) is 9.89. The van der Waals surface area contributed by atoms with Gasteiger partial charge in [0.25, 0.3) is 0 Å². The molecular weight excluding hydrogens is 276 g/mol. The van der Waals surface area contributed by atoms with Gasteiger partial charge in [-0.3, -0.25) is 0 Å². The van der Waals surface area contributed by atoms with E-state index in [1.165, 1.54) is 31.4 Å². The van der Waals surface area contributed by atoms with Gasteiger partial charge in [0, 0.05) is 17.6 Å². The van der Waals surface area contributed by atoms with Crippen LogP contribution in [0.25, 0.3) is 0 Å². The molecule has 2 nitrogen and oxygen atoms in total. The first-order chi connectivity index (χ1) is 8.08. The molecule has 1 heterocycles. The summed E-state index contributed by atoms with van der Waals surface area (Å²) in [5.41, 5.74) is 2.85. The Morgan fingerprint density at radius 3 is 2.18 bits per heavy atom. The number of halogens is 1. The number of nitrogens with zero attached hydrogens (tertiary/aromatic N) is 2. The zero-order valence-corrected chi connectivity index (χ0v) is 13.2. The molecule has 3 heteroatoms. The van der Waals surface area contributed by atoms with E-state index in [-0.39, 0.29) is 0 Å². The van der Waals surface area contributed by atoms with Crippen LogP contribution in [0, 0.1) is 19.3 Å². The zero-order chi connectivity index (χ0) is 12.9. The third-order valence-electron chi connectivity index (χ3n) is 3.70. The molecule has 0 radical (unpaired) electrons. The number of hydrogen-bond donors (Lipinski definition) is 0. The highest BCUT2D eigenvalue weighted by molar-refractivity contribution is 9.09. The minimum atomic E-state index is 0.390. The summed E-state index contributed by atoms with van der Waals surface area (Å²) in [4.78, 5) is 4.40. The summed E-state index contributed by atoms with van der Waals surface area (Å²) in [7, 11) is 0. The maximum atomic E-state index is 4.40. The predicted molar refractivity (Wildman–Crippen MR) is 77.7 cm³/mol. The molecule has 0 fully saturated rings. The third kappa shape index (κ3) is 3.57. The average Bonchev–Trinajstić information content (AvgIpc) is 2.61. The Balaban J connectivity index is 2.88. The number of alkyl halides is 1. The second-order valence-corrected chi connectivity index (χ2v) is 5.74. The number of aryl methyl sites for hydroxylation is 1. The van der Waals surface area contributed by atoms with Crippen LogP contribution in [0.1, 0.15) is 50.9 Å². The third-order valence-corrected chi connectivity index (χ3v) is 4.88. The van der Waals surface area contributed by atoms with Gasteiger partial charge >= 0.3 is 0 Å². The van der Waals surface area contributed by atoms with E-state index in [1.54, 1.807) is 0 Å². The number of hydrogen-bond acceptors (Lipinski definition) is 1. The van der Waals surface area contributed by atoms with Crippen molar-refractivity contribution in [2.75, 3.05) is 5.33 Å². The molecule has 0 amide bonds. The van der Waals surface area contributed by atoms with Gasteiger partial charge in [0.2, 0.25) is 0 Å². The SMILES string of the molecule is CCCC(CBr)(CCC)Cn1cnc(C)c1C. The smallest absolute Gasteiger partial charge is 0.0951 e. The topological polar surface area (TPSA) is 17.8 Å². The van der Waals surface area contributed by atoms with Crippen molar-refractivity contribution in [3.63, 3.8) is 0 Å². The second-order valence-electron chi connectivity index (χ2n) is 5.18. The Hall–Kier alpha value is -0.310. The molecule has 0 bridgehead atoms. The predicted octanol–water partition coefficient (Wildman–Crippen LogP) is 4.48. The van der Waals surface area contributed by atoms with E-state index in [0.717, 1.165) is 17.6 Å². The first-order valence-corrected chi connectivity index (χ1v) is 7.75. The summed E-state index contributed by atoms with van der Waals surface area (Å²) < 4.78 is 2.32. The maximum absolute atomic E-state index is 4.40. The van der Waals surface area contributed by atoms with E-state index < -0.39 is 0 Å². The lowest BCUT2D eigenvalue weighted by Gasteiger charge is -2.32. The molecular formula is C14H25BrN2. The van der Waals surface area contributed by atoms with Crippen molar-refractivity contribution in [1.29, 1.82) is 0 Å². The van der Waals surface area contributed by atoms with Crippen molar-refractivity contribution in [1.82, 2.24) is 9.55 Å². The Kier molecular flexibility index (Phi) is 5.71. The Morgan fingerprint density at radius 2 is 1.82 bits per heavy atom. The summed E-state index contributed by atoms with van der Waals surface area (Å²) in [6, 6.07) is 0. The van der Waals surface area contributed by atoms with Gasteiger partial charge in [0.15, 0.2) is 0 Å². The van der Waals surface area contributed by atoms with Crippen molar-refractivity contribution in [3.05, 3.63) is 17.7 Å². The summed E-state index contributed by atoms with van der Waals surface area (Å²) in [5.74, 6) is 0. The lowest BCUT2D eigenvalue weighted by Crippen LogP contribution is -2.29. The van der Waals surface area contributed by atoms with Crippen molar-refractivity contribution >= 4 is 15.9 Å². The lowest BCUT2D eigenvalue weighted by atomic mass is 9.81. The summed E-state index contributed by atoms with van der Waals surface area (Å²) in [6.07, 6.45) is 7.05. The van der Waals surface area contributed by atoms with E-state index in [2.05, 4.69) is 53.2 Å². The number of rotatable bonds is 7. The molecule has 0 aromatic carbocycles. The Labute approximate surface area is 114 Å². The van der Waals surface area contributed by atoms with Crippen molar-refractivity contribution in [3.8, 4) is 0 Å².